The second-order valence-electron chi connectivity index (χ2n) is 8.63. The minimum absolute atomic E-state index is 0.0799. The average molecular weight is 527 g/mol. The zero-order valence-corrected chi connectivity index (χ0v) is 22.2. The van der Waals surface area contributed by atoms with Crippen LogP contribution in [0.3, 0.4) is 0 Å². The summed E-state index contributed by atoms with van der Waals surface area (Å²) < 4.78 is 50.5. The van der Waals surface area contributed by atoms with Crippen molar-refractivity contribution in [3.63, 3.8) is 0 Å². The van der Waals surface area contributed by atoms with E-state index in [9.17, 15) is 13.2 Å². The molecule has 0 saturated heterocycles. The van der Waals surface area contributed by atoms with E-state index in [1.54, 1.807) is 69.7 Å². The summed E-state index contributed by atoms with van der Waals surface area (Å²) in [6, 6.07) is 16.2. The third-order valence-corrected chi connectivity index (χ3v) is 7.98. The maximum Gasteiger partial charge on any atom is 0.264 e. The van der Waals surface area contributed by atoms with Gasteiger partial charge in [0.1, 0.15) is 23.0 Å². The maximum absolute atomic E-state index is 13.7. The zero-order chi connectivity index (χ0) is 26.7. The summed E-state index contributed by atoms with van der Waals surface area (Å²) in [4.78, 5) is 13.4. The van der Waals surface area contributed by atoms with Crippen molar-refractivity contribution >= 4 is 21.6 Å². The fraction of sp³-hybridized carbons (Fsp3) is 0.296. The summed E-state index contributed by atoms with van der Waals surface area (Å²) in [6.45, 7) is 3.47. The van der Waals surface area contributed by atoms with Crippen LogP contribution in [0.2, 0.25) is 0 Å². The zero-order valence-electron chi connectivity index (χ0n) is 21.3. The van der Waals surface area contributed by atoms with Crippen LogP contribution in [0.25, 0.3) is 0 Å². The summed E-state index contributed by atoms with van der Waals surface area (Å²) in [5, 5.41) is 2.92. The topological polar surface area (TPSA) is 103 Å². The number of fused-ring (bicyclic) bond motifs is 1. The fourth-order valence-corrected chi connectivity index (χ4v) is 5.63. The lowest BCUT2D eigenvalue weighted by Gasteiger charge is -2.35. The second-order valence-corrected chi connectivity index (χ2v) is 10.5. The normalized spacial score (nSPS) is 15.7. The van der Waals surface area contributed by atoms with E-state index in [0.29, 0.717) is 34.2 Å². The highest BCUT2D eigenvalue weighted by molar-refractivity contribution is 7.92. The molecule has 1 heterocycles. The summed E-state index contributed by atoms with van der Waals surface area (Å²) in [6.07, 6.45) is -1.08. The van der Waals surface area contributed by atoms with Gasteiger partial charge in [0.2, 0.25) is 0 Å². The molecule has 9 nitrogen and oxygen atoms in total. The van der Waals surface area contributed by atoms with E-state index < -0.39 is 28.1 Å². The smallest absolute Gasteiger partial charge is 0.264 e. The molecule has 0 aromatic heterocycles. The fourth-order valence-electron chi connectivity index (χ4n) is 4.16. The molecule has 0 bridgehead atoms. The Kier molecular flexibility index (Phi) is 7.49. The lowest BCUT2D eigenvalue weighted by Crippen LogP contribution is -2.51. The SMILES string of the molecule is COc1ccc(S(=O)(=O)N2C[C@@H](C(=O)N[C@@H](C)c3cc(OC)ccc3OC)Oc3ccc(C)cc32)cc1. The van der Waals surface area contributed by atoms with E-state index in [0.717, 1.165) is 5.56 Å². The highest BCUT2D eigenvalue weighted by Crippen LogP contribution is 2.38. The van der Waals surface area contributed by atoms with Crippen molar-refractivity contribution in [2.45, 2.75) is 30.9 Å². The molecule has 4 rings (SSSR count). The number of nitrogens with one attached hydrogen (secondary N) is 1. The minimum atomic E-state index is -4.00. The largest absolute Gasteiger partial charge is 0.497 e. The number of carbonyl (C=O) groups excluding carboxylic acids is 1. The van der Waals surface area contributed by atoms with Gasteiger partial charge in [0.25, 0.3) is 15.9 Å². The summed E-state index contributed by atoms with van der Waals surface area (Å²) in [5.41, 5.74) is 1.95. The molecule has 0 fully saturated rings. The van der Waals surface area contributed by atoms with Crippen molar-refractivity contribution in [2.75, 3.05) is 32.2 Å². The molecule has 0 aliphatic carbocycles. The van der Waals surface area contributed by atoms with Gasteiger partial charge in [-0.1, -0.05) is 6.07 Å². The van der Waals surface area contributed by atoms with Gasteiger partial charge in [-0.15, -0.1) is 0 Å². The van der Waals surface area contributed by atoms with Crippen molar-refractivity contribution in [2.24, 2.45) is 0 Å². The molecule has 0 saturated carbocycles. The molecule has 3 aromatic rings. The first-order valence-corrected chi connectivity index (χ1v) is 13.1. The Morgan fingerprint density at radius 3 is 2.30 bits per heavy atom. The number of methoxy groups -OCH3 is 3. The van der Waals surface area contributed by atoms with Crippen molar-refractivity contribution in [1.82, 2.24) is 5.32 Å². The number of ether oxygens (including phenoxy) is 4. The monoisotopic (exact) mass is 526 g/mol. The van der Waals surface area contributed by atoms with Gasteiger partial charge in [0.05, 0.1) is 44.5 Å². The highest BCUT2D eigenvalue weighted by atomic mass is 32.2. The number of aryl methyl sites for hydroxylation is 1. The predicted octanol–water partition coefficient (Wildman–Crippen LogP) is 3.85. The van der Waals surface area contributed by atoms with Crippen LogP contribution >= 0.6 is 0 Å². The number of anilines is 1. The van der Waals surface area contributed by atoms with Gasteiger partial charge in [-0.3, -0.25) is 9.10 Å². The molecule has 0 unspecified atom stereocenters. The minimum Gasteiger partial charge on any atom is -0.497 e. The van der Waals surface area contributed by atoms with Crippen LogP contribution in [0.1, 0.15) is 24.1 Å². The number of benzene rings is 3. The predicted molar refractivity (Wildman–Crippen MR) is 139 cm³/mol. The first-order chi connectivity index (χ1) is 17.7. The van der Waals surface area contributed by atoms with Gasteiger partial charge in [0, 0.05) is 5.56 Å². The van der Waals surface area contributed by atoms with Gasteiger partial charge >= 0.3 is 0 Å². The number of rotatable bonds is 8. The van der Waals surface area contributed by atoms with E-state index in [1.165, 1.54) is 23.5 Å². The lowest BCUT2D eigenvalue weighted by atomic mass is 10.1. The molecule has 3 aromatic carbocycles. The molecular formula is C27H30N2O7S. The third-order valence-electron chi connectivity index (χ3n) is 6.19. The van der Waals surface area contributed by atoms with Crippen LogP contribution in [0, 0.1) is 6.92 Å². The molecule has 0 radical (unpaired) electrons. The molecule has 10 heteroatoms. The Hall–Kier alpha value is -3.92. The number of hydrogen-bond donors (Lipinski definition) is 1. The van der Waals surface area contributed by atoms with Gasteiger partial charge in [-0.2, -0.15) is 0 Å². The second kappa shape index (κ2) is 10.6. The summed E-state index contributed by atoms with van der Waals surface area (Å²) in [5.74, 6) is 1.59. The van der Waals surface area contributed by atoms with Crippen LogP contribution in [-0.4, -0.2) is 48.3 Å². The molecule has 37 heavy (non-hydrogen) atoms. The quantitative estimate of drug-likeness (QED) is 0.476. The average Bonchev–Trinajstić information content (AvgIpc) is 2.91. The molecule has 1 aliphatic heterocycles. The van der Waals surface area contributed by atoms with Crippen molar-refractivity contribution in [1.29, 1.82) is 0 Å². The molecule has 196 valence electrons. The number of carbonyl (C=O) groups is 1. The molecular weight excluding hydrogens is 496 g/mol. The van der Waals surface area contributed by atoms with Crippen LogP contribution in [0.4, 0.5) is 5.69 Å². The van der Waals surface area contributed by atoms with Crippen molar-refractivity contribution in [3.05, 3.63) is 71.8 Å². The Balaban J connectivity index is 1.64. The molecule has 2 atom stereocenters. The number of hydrogen-bond acceptors (Lipinski definition) is 7. The van der Waals surface area contributed by atoms with Gasteiger partial charge in [-0.05, 0) is 74.0 Å². The third kappa shape index (κ3) is 5.29. The molecule has 0 spiro atoms. The Labute approximate surface area is 217 Å². The Bertz CT molecular complexity index is 1390. The maximum atomic E-state index is 13.7. The number of nitrogens with zero attached hydrogens (tertiary/aromatic N) is 1. The number of sulfonamides is 1. The van der Waals surface area contributed by atoms with E-state index in [-0.39, 0.29) is 11.4 Å². The van der Waals surface area contributed by atoms with Crippen molar-refractivity contribution in [3.8, 4) is 23.0 Å². The molecule has 1 N–H and O–H groups in total. The van der Waals surface area contributed by atoms with E-state index in [4.69, 9.17) is 18.9 Å². The first kappa shape index (κ1) is 26.2. The molecule has 1 aliphatic rings. The van der Waals surface area contributed by atoms with Gasteiger partial charge in [0.15, 0.2) is 6.10 Å². The summed E-state index contributed by atoms with van der Waals surface area (Å²) >= 11 is 0. The standard InChI is InChI=1S/C27H30N2O7S/c1-17-6-12-25-23(14-17)29(37(31,32)21-10-7-19(33-3)8-11-21)16-26(36-25)27(30)28-18(2)22-15-20(34-4)9-13-24(22)35-5/h6-15,18,26H,16H2,1-5H3,(H,28,30)/t18-,26-/m0/s1. The highest BCUT2D eigenvalue weighted by Gasteiger charge is 2.38. The number of amides is 1. The van der Waals surface area contributed by atoms with Crippen LogP contribution in [0.15, 0.2) is 65.6 Å². The van der Waals surface area contributed by atoms with E-state index in [2.05, 4.69) is 5.32 Å². The summed E-state index contributed by atoms with van der Waals surface area (Å²) in [7, 11) is 0.611. The van der Waals surface area contributed by atoms with Gasteiger partial charge < -0.3 is 24.3 Å². The molecule has 1 amide bonds. The van der Waals surface area contributed by atoms with E-state index >= 15 is 0 Å². The van der Waals surface area contributed by atoms with Crippen molar-refractivity contribution < 1.29 is 32.2 Å². The van der Waals surface area contributed by atoms with Crippen LogP contribution in [-0.2, 0) is 14.8 Å². The lowest BCUT2D eigenvalue weighted by molar-refractivity contribution is -0.128. The van der Waals surface area contributed by atoms with Crippen LogP contribution in [0.5, 0.6) is 23.0 Å². The van der Waals surface area contributed by atoms with Crippen LogP contribution < -0.4 is 28.6 Å². The Morgan fingerprint density at radius 2 is 1.65 bits per heavy atom. The van der Waals surface area contributed by atoms with E-state index in [1.807, 2.05) is 6.92 Å². The Morgan fingerprint density at radius 1 is 0.973 bits per heavy atom. The van der Waals surface area contributed by atoms with Gasteiger partial charge in [-0.25, -0.2) is 8.42 Å². The first-order valence-electron chi connectivity index (χ1n) is 11.6.